The first-order valence-electron chi connectivity index (χ1n) is 12.3. The van der Waals surface area contributed by atoms with E-state index in [1.165, 1.54) is 0 Å². The molecule has 1 heterocycles. The molecule has 0 amide bonds. The molecule has 0 saturated carbocycles. The van der Waals surface area contributed by atoms with Gasteiger partial charge in [-0.15, -0.1) is 0 Å². The molecule has 1 N–H and O–H groups in total. The van der Waals surface area contributed by atoms with Gasteiger partial charge in [-0.2, -0.15) is 0 Å². The monoisotopic (exact) mass is 496 g/mol. The van der Waals surface area contributed by atoms with E-state index in [2.05, 4.69) is 40.8 Å². The Hall–Kier alpha value is -1.45. The number of benzene rings is 1. The zero-order chi connectivity index (χ0) is 25.4. The molecule has 8 heteroatoms. The quantitative estimate of drug-likeness (QED) is 0.327. The highest BCUT2D eigenvalue weighted by Crippen LogP contribution is 2.38. The highest BCUT2D eigenvalue weighted by molar-refractivity contribution is 6.74. The minimum Gasteiger partial charge on any atom is -0.497 e. The van der Waals surface area contributed by atoms with Gasteiger partial charge in [-0.3, -0.25) is 4.79 Å². The molecule has 194 valence electrons. The van der Waals surface area contributed by atoms with Crippen LogP contribution >= 0.6 is 0 Å². The molecule has 1 aliphatic rings. The minimum atomic E-state index is -1.89. The molecule has 0 unspecified atom stereocenters. The zero-order valence-corrected chi connectivity index (χ0v) is 23.0. The summed E-state index contributed by atoms with van der Waals surface area (Å²) in [6.07, 6.45) is 2.71. The van der Waals surface area contributed by atoms with Crippen LogP contribution in [0.15, 0.2) is 24.3 Å². The predicted octanol–water partition coefficient (Wildman–Crippen LogP) is 5.77. The van der Waals surface area contributed by atoms with Crippen molar-refractivity contribution in [2.45, 2.75) is 103 Å². The summed E-state index contributed by atoms with van der Waals surface area (Å²) in [5.41, 5.74) is 1.08. The van der Waals surface area contributed by atoms with Crippen molar-refractivity contribution in [3.8, 4) is 5.75 Å². The van der Waals surface area contributed by atoms with Gasteiger partial charge in [0.15, 0.2) is 14.1 Å². The van der Waals surface area contributed by atoms with Crippen molar-refractivity contribution in [2.75, 3.05) is 20.3 Å². The van der Waals surface area contributed by atoms with Crippen LogP contribution in [0.1, 0.15) is 65.4 Å². The molecule has 0 spiro atoms. The van der Waals surface area contributed by atoms with E-state index in [0.717, 1.165) is 30.6 Å². The van der Waals surface area contributed by atoms with E-state index >= 15 is 0 Å². The lowest BCUT2D eigenvalue weighted by atomic mass is 10.0. The molecule has 0 aromatic heterocycles. The SMILES string of the molecule is COc1ccc(CO[C@H](CCCC2(CC(=O)O)OCCO2)C[C@@H](C)O[Si](C)(C)C(C)(C)C)cc1. The molecule has 7 nitrogen and oxygen atoms in total. The van der Waals surface area contributed by atoms with E-state index in [1.807, 2.05) is 24.3 Å². The van der Waals surface area contributed by atoms with Crippen molar-refractivity contribution >= 4 is 14.3 Å². The first-order chi connectivity index (χ1) is 15.9. The Morgan fingerprint density at radius 2 is 1.79 bits per heavy atom. The maximum absolute atomic E-state index is 11.3. The van der Waals surface area contributed by atoms with Crippen molar-refractivity contribution in [3.05, 3.63) is 29.8 Å². The van der Waals surface area contributed by atoms with E-state index in [0.29, 0.717) is 26.2 Å². The second kappa shape index (κ2) is 12.5. The van der Waals surface area contributed by atoms with Gasteiger partial charge in [0.1, 0.15) is 5.75 Å². The first-order valence-corrected chi connectivity index (χ1v) is 15.2. The summed E-state index contributed by atoms with van der Waals surface area (Å²) >= 11 is 0. The average molecular weight is 497 g/mol. The molecule has 0 radical (unpaired) electrons. The van der Waals surface area contributed by atoms with Gasteiger partial charge in [-0.1, -0.05) is 32.9 Å². The van der Waals surface area contributed by atoms with Crippen molar-refractivity contribution in [1.29, 1.82) is 0 Å². The van der Waals surface area contributed by atoms with Crippen molar-refractivity contribution in [2.24, 2.45) is 0 Å². The molecule has 1 aromatic carbocycles. The van der Waals surface area contributed by atoms with Gasteiger partial charge < -0.3 is 28.5 Å². The minimum absolute atomic E-state index is 0.0230. The summed E-state index contributed by atoms with van der Waals surface area (Å²) in [7, 11) is -0.237. The van der Waals surface area contributed by atoms with Gasteiger partial charge in [0.05, 0.1) is 39.5 Å². The van der Waals surface area contributed by atoms with Gasteiger partial charge in [0.2, 0.25) is 0 Å². The second-order valence-corrected chi connectivity index (χ2v) is 15.5. The highest BCUT2D eigenvalue weighted by Gasteiger charge is 2.40. The Kier molecular flexibility index (Phi) is 10.6. The van der Waals surface area contributed by atoms with E-state index in [-0.39, 0.29) is 23.7 Å². The summed E-state index contributed by atoms with van der Waals surface area (Å²) in [5.74, 6) is -1.11. The van der Waals surface area contributed by atoms with Gasteiger partial charge in [-0.05, 0) is 62.0 Å². The Labute approximate surface area is 206 Å². The van der Waals surface area contributed by atoms with E-state index in [1.54, 1.807) is 7.11 Å². The summed E-state index contributed by atoms with van der Waals surface area (Å²) in [4.78, 5) is 11.3. The Morgan fingerprint density at radius 1 is 1.18 bits per heavy atom. The summed E-state index contributed by atoms with van der Waals surface area (Å²) in [6.45, 7) is 14.7. The Morgan fingerprint density at radius 3 is 2.32 bits per heavy atom. The van der Waals surface area contributed by atoms with Gasteiger partial charge in [0.25, 0.3) is 0 Å². The fourth-order valence-electron chi connectivity index (χ4n) is 3.96. The lowest BCUT2D eigenvalue weighted by Gasteiger charge is -2.39. The highest BCUT2D eigenvalue weighted by atomic mass is 28.4. The topological polar surface area (TPSA) is 83.5 Å². The Bertz CT molecular complexity index is 751. The molecule has 1 aromatic rings. The first kappa shape index (κ1) is 28.8. The maximum atomic E-state index is 11.3. The third kappa shape index (κ3) is 8.96. The van der Waals surface area contributed by atoms with Crippen LogP contribution in [0.4, 0.5) is 0 Å². The molecule has 1 fully saturated rings. The van der Waals surface area contributed by atoms with Crippen LogP contribution in [-0.2, 0) is 30.0 Å². The zero-order valence-electron chi connectivity index (χ0n) is 22.0. The van der Waals surface area contributed by atoms with Crippen molar-refractivity contribution < 1.29 is 33.3 Å². The molecule has 1 saturated heterocycles. The third-order valence-corrected chi connectivity index (χ3v) is 11.5. The predicted molar refractivity (Wildman–Crippen MR) is 135 cm³/mol. The van der Waals surface area contributed by atoms with Gasteiger partial charge >= 0.3 is 5.97 Å². The standard InChI is InChI=1S/C26H44O7Si/c1-20(33-34(6,7)25(2,3)4)17-23(30-19-21-10-12-22(29-5)13-11-21)9-8-14-26(18-24(27)28)31-15-16-32-26/h10-13,20,23H,8-9,14-19H2,1-7H3,(H,27,28)/t20-,23-/m1/s1. The maximum Gasteiger partial charge on any atom is 0.308 e. The number of carboxylic acid groups (broad SMARTS) is 1. The van der Waals surface area contributed by atoms with Crippen LogP contribution in [0.3, 0.4) is 0 Å². The lowest BCUT2D eigenvalue weighted by molar-refractivity contribution is -0.183. The number of carbonyl (C=O) groups is 1. The van der Waals surface area contributed by atoms with E-state index < -0.39 is 20.1 Å². The third-order valence-electron chi connectivity index (χ3n) is 6.86. The van der Waals surface area contributed by atoms with Crippen molar-refractivity contribution in [1.82, 2.24) is 0 Å². The van der Waals surface area contributed by atoms with E-state index in [9.17, 15) is 9.90 Å². The fraction of sp³-hybridized carbons (Fsp3) is 0.731. The molecule has 0 bridgehead atoms. The number of hydrogen-bond acceptors (Lipinski definition) is 6. The van der Waals surface area contributed by atoms with Crippen LogP contribution in [-0.4, -0.2) is 57.7 Å². The Balaban J connectivity index is 2.00. The molecule has 0 aliphatic carbocycles. The van der Waals surface area contributed by atoms with Crippen LogP contribution in [0.2, 0.25) is 18.1 Å². The van der Waals surface area contributed by atoms with Crippen LogP contribution < -0.4 is 4.74 Å². The number of carboxylic acids is 1. The number of aliphatic carboxylic acids is 1. The van der Waals surface area contributed by atoms with E-state index in [4.69, 9.17) is 23.4 Å². The van der Waals surface area contributed by atoms with Crippen LogP contribution in [0.25, 0.3) is 0 Å². The lowest BCUT2D eigenvalue weighted by Crippen LogP contribution is -2.44. The number of rotatable bonds is 14. The van der Waals surface area contributed by atoms with Crippen molar-refractivity contribution in [3.63, 3.8) is 0 Å². The fourth-order valence-corrected chi connectivity index (χ4v) is 5.42. The number of ether oxygens (including phenoxy) is 4. The molecule has 34 heavy (non-hydrogen) atoms. The van der Waals surface area contributed by atoms with Gasteiger partial charge in [-0.25, -0.2) is 0 Å². The average Bonchev–Trinajstić information content (AvgIpc) is 3.18. The summed E-state index contributed by atoms with van der Waals surface area (Å²) < 4.78 is 29.6. The van der Waals surface area contributed by atoms with Crippen LogP contribution in [0.5, 0.6) is 5.75 Å². The van der Waals surface area contributed by atoms with Gasteiger partial charge in [0, 0.05) is 12.5 Å². The molecular weight excluding hydrogens is 452 g/mol. The molecule has 2 rings (SSSR count). The number of methoxy groups -OCH3 is 1. The molecule has 2 atom stereocenters. The summed E-state index contributed by atoms with van der Waals surface area (Å²) in [5, 5.41) is 9.42. The largest absolute Gasteiger partial charge is 0.497 e. The number of hydrogen-bond donors (Lipinski definition) is 1. The molecular formula is C26H44O7Si. The summed E-state index contributed by atoms with van der Waals surface area (Å²) in [6, 6.07) is 7.88. The molecule has 1 aliphatic heterocycles. The van der Waals surface area contributed by atoms with Crippen LogP contribution in [0, 0.1) is 0 Å². The second-order valence-electron chi connectivity index (χ2n) is 10.8. The normalized spacial score (nSPS) is 18.0. The smallest absolute Gasteiger partial charge is 0.308 e.